The van der Waals surface area contributed by atoms with Crippen molar-refractivity contribution in [3.05, 3.63) is 45.8 Å². The number of hydrogen-bond acceptors (Lipinski definition) is 4. The molecule has 0 bridgehead atoms. The summed E-state index contributed by atoms with van der Waals surface area (Å²) >= 11 is 5.64. The van der Waals surface area contributed by atoms with E-state index in [-0.39, 0.29) is 16.6 Å². The van der Waals surface area contributed by atoms with Crippen LogP contribution < -0.4 is 15.6 Å². The third kappa shape index (κ3) is 3.65. The van der Waals surface area contributed by atoms with E-state index in [0.717, 1.165) is 0 Å². The van der Waals surface area contributed by atoms with Gasteiger partial charge in [-0.2, -0.15) is 13.9 Å². The van der Waals surface area contributed by atoms with Crippen LogP contribution >= 0.6 is 11.6 Å². The third-order valence-electron chi connectivity index (χ3n) is 2.13. The lowest BCUT2D eigenvalue weighted by Crippen LogP contribution is -2.12. The zero-order valence-electron chi connectivity index (χ0n) is 9.36. The zero-order valence-corrected chi connectivity index (χ0v) is 10.1. The number of nitrogens with zero attached hydrogens (tertiary/aromatic N) is 1. The molecule has 100 valence electrons. The fourth-order valence-corrected chi connectivity index (χ4v) is 1.50. The van der Waals surface area contributed by atoms with E-state index in [2.05, 4.69) is 20.3 Å². The fraction of sp³-hybridized carbons (Fsp3) is 0.0909. The predicted molar refractivity (Wildman–Crippen MR) is 66.2 cm³/mol. The first-order valence-corrected chi connectivity index (χ1v) is 5.49. The lowest BCUT2D eigenvalue weighted by Gasteiger charge is -2.07. The second kappa shape index (κ2) is 5.66. The first kappa shape index (κ1) is 13.3. The Hall–Kier alpha value is -2.15. The monoisotopic (exact) mass is 287 g/mol. The van der Waals surface area contributed by atoms with E-state index in [1.165, 1.54) is 30.3 Å². The minimum absolute atomic E-state index is 0.0298. The SMILES string of the molecule is O=c1[nH]nc(Cl)cc1Nc1ccc(OC(F)F)cc1. The van der Waals surface area contributed by atoms with E-state index in [9.17, 15) is 13.6 Å². The molecule has 0 aliphatic rings. The summed E-state index contributed by atoms with van der Waals surface area (Å²) in [7, 11) is 0. The maximum absolute atomic E-state index is 12.0. The summed E-state index contributed by atoms with van der Waals surface area (Å²) in [6, 6.07) is 7.04. The van der Waals surface area contributed by atoms with Gasteiger partial charge in [0.05, 0.1) is 0 Å². The smallest absolute Gasteiger partial charge is 0.387 e. The molecule has 19 heavy (non-hydrogen) atoms. The van der Waals surface area contributed by atoms with Crippen LogP contribution in [0.1, 0.15) is 0 Å². The molecule has 0 amide bonds. The van der Waals surface area contributed by atoms with E-state index < -0.39 is 12.2 Å². The van der Waals surface area contributed by atoms with Gasteiger partial charge in [0.15, 0.2) is 5.15 Å². The van der Waals surface area contributed by atoms with Gasteiger partial charge in [0.25, 0.3) is 5.56 Å². The van der Waals surface area contributed by atoms with Crippen LogP contribution in [0.3, 0.4) is 0 Å². The van der Waals surface area contributed by atoms with E-state index in [4.69, 9.17) is 11.6 Å². The van der Waals surface area contributed by atoms with Crippen LogP contribution in [0.4, 0.5) is 20.2 Å². The number of nitrogens with one attached hydrogen (secondary N) is 2. The highest BCUT2D eigenvalue weighted by Crippen LogP contribution is 2.20. The first-order valence-electron chi connectivity index (χ1n) is 5.12. The van der Waals surface area contributed by atoms with E-state index >= 15 is 0 Å². The molecular weight excluding hydrogens is 280 g/mol. The molecule has 0 aliphatic carbocycles. The summed E-state index contributed by atoms with van der Waals surface area (Å²) in [6.45, 7) is -2.87. The van der Waals surface area contributed by atoms with Crippen molar-refractivity contribution >= 4 is 23.0 Å². The van der Waals surface area contributed by atoms with Crippen molar-refractivity contribution in [2.24, 2.45) is 0 Å². The maximum atomic E-state index is 12.0. The molecule has 0 aliphatic heterocycles. The van der Waals surface area contributed by atoms with Crippen LogP contribution in [0.5, 0.6) is 5.75 Å². The number of rotatable bonds is 4. The highest BCUT2D eigenvalue weighted by molar-refractivity contribution is 6.29. The minimum atomic E-state index is -2.87. The molecule has 0 radical (unpaired) electrons. The van der Waals surface area contributed by atoms with Crippen LogP contribution in [-0.4, -0.2) is 16.8 Å². The number of hydrogen-bond donors (Lipinski definition) is 2. The van der Waals surface area contributed by atoms with Gasteiger partial charge in [-0.1, -0.05) is 11.6 Å². The number of aromatic nitrogens is 2. The third-order valence-corrected chi connectivity index (χ3v) is 2.32. The van der Waals surface area contributed by atoms with Crippen LogP contribution in [0.15, 0.2) is 35.1 Å². The second-order valence-electron chi connectivity index (χ2n) is 3.46. The highest BCUT2D eigenvalue weighted by Gasteiger charge is 2.05. The molecule has 2 aromatic rings. The normalized spacial score (nSPS) is 10.5. The molecule has 5 nitrogen and oxygen atoms in total. The molecule has 8 heteroatoms. The predicted octanol–water partition coefficient (Wildman–Crippen LogP) is 2.77. The van der Waals surface area contributed by atoms with Crippen LogP contribution in [0.2, 0.25) is 5.15 Å². The van der Waals surface area contributed by atoms with E-state index in [0.29, 0.717) is 5.69 Å². The number of benzene rings is 1. The Labute approximate surface area is 111 Å². The lowest BCUT2D eigenvalue weighted by atomic mass is 10.3. The van der Waals surface area contributed by atoms with Crippen molar-refractivity contribution in [2.75, 3.05) is 5.32 Å². The average molecular weight is 288 g/mol. The number of anilines is 2. The largest absolute Gasteiger partial charge is 0.435 e. The molecule has 1 heterocycles. The Kier molecular flexibility index (Phi) is 3.96. The Morgan fingerprint density at radius 1 is 1.32 bits per heavy atom. The lowest BCUT2D eigenvalue weighted by molar-refractivity contribution is -0.0498. The molecule has 1 aromatic heterocycles. The molecule has 0 atom stereocenters. The summed E-state index contributed by atoms with van der Waals surface area (Å²) in [5.74, 6) is 0.0298. The van der Waals surface area contributed by atoms with Gasteiger partial charge in [0, 0.05) is 11.8 Å². The van der Waals surface area contributed by atoms with Gasteiger partial charge in [-0.15, -0.1) is 0 Å². The number of aromatic amines is 1. The topological polar surface area (TPSA) is 67.0 Å². The van der Waals surface area contributed by atoms with Crippen LogP contribution in [-0.2, 0) is 0 Å². The fourth-order valence-electron chi connectivity index (χ4n) is 1.35. The van der Waals surface area contributed by atoms with Crippen molar-refractivity contribution in [1.29, 1.82) is 0 Å². The van der Waals surface area contributed by atoms with Crippen molar-refractivity contribution in [3.63, 3.8) is 0 Å². The molecule has 2 N–H and O–H groups in total. The molecule has 0 unspecified atom stereocenters. The molecule has 0 fully saturated rings. The Morgan fingerprint density at radius 3 is 2.63 bits per heavy atom. The maximum Gasteiger partial charge on any atom is 0.387 e. The molecular formula is C11H8ClF2N3O2. The molecule has 2 rings (SSSR count). The first-order chi connectivity index (χ1) is 9.04. The standard InChI is InChI=1S/C11H8ClF2N3O2/c12-9-5-8(10(18)17-16-9)15-6-1-3-7(4-2-6)19-11(13)14/h1-5,11H,(H,15,16)(H,17,18). The average Bonchev–Trinajstić information content (AvgIpc) is 2.35. The van der Waals surface area contributed by atoms with Gasteiger partial charge in [-0.05, 0) is 24.3 Å². The van der Waals surface area contributed by atoms with Crippen LogP contribution in [0, 0.1) is 0 Å². The minimum Gasteiger partial charge on any atom is -0.435 e. The Balaban J connectivity index is 2.15. The highest BCUT2D eigenvalue weighted by atomic mass is 35.5. The molecule has 0 spiro atoms. The van der Waals surface area contributed by atoms with Gasteiger partial charge < -0.3 is 10.1 Å². The van der Waals surface area contributed by atoms with E-state index in [1.807, 2.05) is 0 Å². The van der Waals surface area contributed by atoms with Crippen molar-refractivity contribution in [2.45, 2.75) is 6.61 Å². The number of alkyl halides is 2. The Morgan fingerprint density at radius 2 is 2.00 bits per heavy atom. The molecule has 0 saturated carbocycles. The summed E-state index contributed by atoms with van der Waals surface area (Å²) in [5, 5.41) is 8.62. The summed E-state index contributed by atoms with van der Waals surface area (Å²) < 4.78 is 28.1. The quantitative estimate of drug-likeness (QED) is 0.907. The Bertz CT molecular complexity index is 616. The van der Waals surface area contributed by atoms with Crippen molar-refractivity contribution < 1.29 is 13.5 Å². The summed E-state index contributed by atoms with van der Waals surface area (Å²) in [5.41, 5.74) is 0.272. The van der Waals surface area contributed by atoms with E-state index in [1.54, 1.807) is 0 Å². The molecule has 0 saturated heterocycles. The number of H-pyrrole nitrogens is 1. The van der Waals surface area contributed by atoms with Crippen molar-refractivity contribution in [1.82, 2.24) is 10.2 Å². The summed E-state index contributed by atoms with van der Waals surface area (Å²) in [4.78, 5) is 11.4. The zero-order chi connectivity index (χ0) is 13.8. The van der Waals surface area contributed by atoms with Crippen molar-refractivity contribution in [3.8, 4) is 5.75 Å². The van der Waals surface area contributed by atoms with Gasteiger partial charge in [0.2, 0.25) is 0 Å². The van der Waals surface area contributed by atoms with Crippen LogP contribution in [0.25, 0.3) is 0 Å². The van der Waals surface area contributed by atoms with Gasteiger partial charge in [-0.3, -0.25) is 4.79 Å². The second-order valence-corrected chi connectivity index (χ2v) is 3.85. The van der Waals surface area contributed by atoms with Gasteiger partial charge in [-0.25, -0.2) is 5.10 Å². The number of ether oxygens (including phenoxy) is 1. The van der Waals surface area contributed by atoms with Gasteiger partial charge in [0.1, 0.15) is 11.4 Å². The molecule has 1 aromatic carbocycles. The summed E-state index contributed by atoms with van der Waals surface area (Å²) in [6.07, 6.45) is 0. The number of halogens is 3. The van der Waals surface area contributed by atoms with Gasteiger partial charge >= 0.3 is 6.61 Å².